The molecule has 0 spiro atoms. The molecule has 94 valence electrons. The molecule has 2 N–H and O–H groups in total. The first kappa shape index (κ1) is 13.2. The molecule has 1 atom stereocenters. The van der Waals surface area contributed by atoms with E-state index >= 15 is 0 Å². The van der Waals surface area contributed by atoms with Crippen molar-refractivity contribution in [1.82, 2.24) is 4.98 Å². The Morgan fingerprint density at radius 1 is 1.11 bits per heavy atom. The van der Waals surface area contributed by atoms with Gasteiger partial charge >= 0.3 is 0 Å². The molecule has 1 aromatic heterocycles. The fourth-order valence-corrected chi connectivity index (χ4v) is 2.44. The molecule has 0 aliphatic heterocycles. The molecule has 0 radical (unpaired) electrons. The van der Waals surface area contributed by atoms with E-state index in [0.717, 1.165) is 22.0 Å². The third-order valence-corrected chi connectivity index (χ3v) is 3.13. The second-order valence-electron chi connectivity index (χ2n) is 4.30. The maximum Gasteiger partial charge on any atom is 0.124 e. The van der Waals surface area contributed by atoms with Gasteiger partial charge in [0.1, 0.15) is 5.82 Å². The first-order valence-corrected chi connectivity index (χ1v) is 6.52. The molecule has 0 aliphatic carbocycles. The molecule has 0 saturated heterocycles. The smallest absolute Gasteiger partial charge is 0.124 e. The summed E-state index contributed by atoms with van der Waals surface area (Å²) in [4.78, 5) is 3.96. The summed E-state index contributed by atoms with van der Waals surface area (Å²) in [7, 11) is 0. The van der Waals surface area contributed by atoms with Gasteiger partial charge in [-0.25, -0.2) is 4.39 Å². The second kappa shape index (κ2) is 6.07. The van der Waals surface area contributed by atoms with Gasteiger partial charge in [0.2, 0.25) is 0 Å². The molecule has 1 heterocycles. The number of nitrogens with two attached hydrogens (primary N) is 1. The highest BCUT2D eigenvalue weighted by molar-refractivity contribution is 9.10. The van der Waals surface area contributed by atoms with Crippen molar-refractivity contribution in [3.05, 3.63) is 64.1 Å². The van der Waals surface area contributed by atoms with E-state index in [4.69, 9.17) is 5.73 Å². The minimum atomic E-state index is -0.240. The Labute approximate surface area is 114 Å². The van der Waals surface area contributed by atoms with Crippen LogP contribution in [-0.4, -0.2) is 11.0 Å². The lowest BCUT2D eigenvalue weighted by molar-refractivity contribution is 0.617. The van der Waals surface area contributed by atoms with Gasteiger partial charge in [-0.2, -0.15) is 0 Å². The van der Waals surface area contributed by atoms with E-state index in [-0.39, 0.29) is 11.9 Å². The maximum atomic E-state index is 13.2. The van der Waals surface area contributed by atoms with Crippen molar-refractivity contribution in [2.24, 2.45) is 5.73 Å². The molecule has 2 rings (SSSR count). The molecular weight excluding hydrogens is 295 g/mol. The Morgan fingerprint density at radius 2 is 1.78 bits per heavy atom. The molecule has 0 aliphatic rings. The number of rotatable bonds is 4. The second-order valence-corrected chi connectivity index (χ2v) is 5.22. The van der Waals surface area contributed by atoms with Crippen LogP contribution in [-0.2, 0) is 12.8 Å². The number of nitrogens with zero attached hydrogens (tertiary/aromatic N) is 1. The summed E-state index contributed by atoms with van der Waals surface area (Å²) >= 11 is 3.28. The number of hydrogen-bond donors (Lipinski definition) is 1. The molecule has 4 heteroatoms. The highest BCUT2D eigenvalue weighted by Gasteiger charge is 2.07. The quantitative estimate of drug-likeness (QED) is 0.942. The SMILES string of the molecule is NC(Cc1ccncc1)Cc1cc(F)cc(Br)c1. The maximum absolute atomic E-state index is 13.2. The van der Waals surface area contributed by atoms with Crippen LogP contribution in [0.4, 0.5) is 4.39 Å². The Morgan fingerprint density at radius 3 is 2.44 bits per heavy atom. The highest BCUT2D eigenvalue weighted by Crippen LogP contribution is 2.16. The fraction of sp³-hybridized carbons (Fsp3) is 0.214. The van der Waals surface area contributed by atoms with Crippen molar-refractivity contribution in [3.8, 4) is 0 Å². The summed E-state index contributed by atoms with van der Waals surface area (Å²) in [6.07, 6.45) is 4.91. The van der Waals surface area contributed by atoms with E-state index in [9.17, 15) is 4.39 Å². The highest BCUT2D eigenvalue weighted by atomic mass is 79.9. The van der Waals surface area contributed by atoms with E-state index in [0.29, 0.717) is 6.42 Å². The van der Waals surface area contributed by atoms with E-state index in [1.807, 2.05) is 18.2 Å². The van der Waals surface area contributed by atoms with Crippen LogP contribution in [0.5, 0.6) is 0 Å². The summed E-state index contributed by atoms with van der Waals surface area (Å²) in [5.41, 5.74) is 8.13. The van der Waals surface area contributed by atoms with Crippen molar-refractivity contribution < 1.29 is 4.39 Å². The van der Waals surface area contributed by atoms with Crippen LogP contribution in [0.2, 0.25) is 0 Å². The number of pyridine rings is 1. The van der Waals surface area contributed by atoms with Gasteiger partial charge in [0.15, 0.2) is 0 Å². The lowest BCUT2D eigenvalue weighted by atomic mass is 10.0. The van der Waals surface area contributed by atoms with Crippen LogP contribution >= 0.6 is 15.9 Å². The summed E-state index contributed by atoms with van der Waals surface area (Å²) < 4.78 is 14.0. The van der Waals surface area contributed by atoms with Crippen LogP contribution in [0.15, 0.2) is 47.2 Å². The fourth-order valence-electron chi connectivity index (χ4n) is 1.93. The third kappa shape index (κ3) is 3.89. The van der Waals surface area contributed by atoms with Crippen LogP contribution in [0.25, 0.3) is 0 Å². The Bertz CT molecular complexity index is 496. The molecule has 1 unspecified atom stereocenters. The van der Waals surface area contributed by atoms with Crippen LogP contribution < -0.4 is 5.73 Å². The molecule has 2 aromatic rings. The number of aromatic nitrogens is 1. The van der Waals surface area contributed by atoms with E-state index in [1.165, 1.54) is 12.1 Å². The zero-order chi connectivity index (χ0) is 13.0. The summed E-state index contributed by atoms with van der Waals surface area (Å²) in [6, 6.07) is 8.73. The zero-order valence-electron chi connectivity index (χ0n) is 9.81. The van der Waals surface area contributed by atoms with Gasteiger partial charge in [0.05, 0.1) is 0 Å². The van der Waals surface area contributed by atoms with Gasteiger partial charge in [0, 0.05) is 22.9 Å². The summed E-state index contributed by atoms with van der Waals surface area (Å²) in [5, 5.41) is 0. The molecule has 0 bridgehead atoms. The van der Waals surface area contributed by atoms with Crippen LogP contribution in [0.3, 0.4) is 0 Å². The van der Waals surface area contributed by atoms with Crippen molar-refractivity contribution in [2.75, 3.05) is 0 Å². The first-order valence-electron chi connectivity index (χ1n) is 5.73. The molecule has 0 saturated carbocycles. The molecule has 18 heavy (non-hydrogen) atoms. The Hall–Kier alpha value is -1.26. The van der Waals surface area contributed by atoms with E-state index < -0.39 is 0 Å². The monoisotopic (exact) mass is 308 g/mol. The lowest BCUT2D eigenvalue weighted by Gasteiger charge is -2.12. The largest absolute Gasteiger partial charge is 0.327 e. The van der Waals surface area contributed by atoms with E-state index in [2.05, 4.69) is 20.9 Å². The number of benzene rings is 1. The van der Waals surface area contributed by atoms with Gasteiger partial charge in [-0.1, -0.05) is 15.9 Å². The molecule has 0 fully saturated rings. The lowest BCUT2D eigenvalue weighted by Crippen LogP contribution is -2.25. The zero-order valence-corrected chi connectivity index (χ0v) is 11.4. The van der Waals surface area contributed by atoms with Crippen LogP contribution in [0, 0.1) is 5.82 Å². The van der Waals surface area contributed by atoms with Gasteiger partial charge in [0.25, 0.3) is 0 Å². The van der Waals surface area contributed by atoms with E-state index in [1.54, 1.807) is 12.4 Å². The predicted molar refractivity (Wildman–Crippen MR) is 73.7 cm³/mol. The van der Waals surface area contributed by atoms with Gasteiger partial charge < -0.3 is 5.73 Å². The van der Waals surface area contributed by atoms with Crippen molar-refractivity contribution in [3.63, 3.8) is 0 Å². The minimum absolute atomic E-state index is 0.0268. The minimum Gasteiger partial charge on any atom is -0.327 e. The number of halogens is 2. The van der Waals surface area contributed by atoms with Crippen molar-refractivity contribution in [1.29, 1.82) is 0 Å². The van der Waals surface area contributed by atoms with Gasteiger partial charge in [-0.3, -0.25) is 4.98 Å². The summed E-state index contributed by atoms with van der Waals surface area (Å²) in [5.74, 6) is -0.240. The first-order chi connectivity index (χ1) is 8.63. The molecule has 0 amide bonds. The molecule has 1 aromatic carbocycles. The average molecular weight is 309 g/mol. The normalized spacial score (nSPS) is 12.4. The third-order valence-electron chi connectivity index (χ3n) is 2.67. The van der Waals surface area contributed by atoms with Crippen molar-refractivity contribution in [2.45, 2.75) is 18.9 Å². The predicted octanol–water partition coefficient (Wildman–Crippen LogP) is 3.10. The number of hydrogen-bond acceptors (Lipinski definition) is 2. The average Bonchev–Trinajstić information content (AvgIpc) is 2.28. The Balaban J connectivity index is 2.01. The molecule has 2 nitrogen and oxygen atoms in total. The summed E-state index contributed by atoms with van der Waals surface area (Å²) in [6.45, 7) is 0. The molecular formula is C14H14BrFN2. The van der Waals surface area contributed by atoms with Gasteiger partial charge in [-0.05, 0) is 54.3 Å². The van der Waals surface area contributed by atoms with Crippen LogP contribution in [0.1, 0.15) is 11.1 Å². The van der Waals surface area contributed by atoms with Crippen molar-refractivity contribution >= 4 is 15.9 Å². The van der Waals surface area contributed by atoms with Gasteiger partial charge in [-0.15, -0.1) is 0 Å². The topological polar surface area (TPSA) is 38.9 Å². The Kier molecular flexibility index (Phi) is 4.44. The standard InChI is InChI=1S/C14H14BrFN2/c15-12-5-11(6-13(16)9-12)8-14(17)7-10-1-3-18-4-2-10/h1-6,9,14H,7-8,17H2.